The van der Waals surface area contributed by atoms with Gasteiger partial charge < -0.3 is 10.2 Å². The van der Waals surface area contributed by atoms with Crippen LogP contribution in [0.5, 0.6) is 0 Å². The Hall–Kier alpha value is -0.280. The summed E-state index contributed by atoms with van der Waals surface area (Å²) in [6.07, 6.45) is 9.85. The molecule has 0 unspecified atom stereocenters. The molecule has 2 aliphatic heterocycles. The Morgan fingerprint density at radius 3 is 2.53 bits per heavy atom. The molecule has 0 radical (unpaired) electrons. The molecule has 1 spiro atoms. The van der Waals surface area contributed by atoms with Gasteiger partial charge in [-0.2, -0.15) is 0 Å². The molecular weight excluding hydrogens is 260 g/mol. The van der Waals surface area contributed by atoms with Gasteiger partial charge in [-0.15, -0.1) is 12.4 Å². The van der Waals surface area contributed by atoms with Crippen molar-refractivity contribution in [3.05, 3.63) is 0 Å². The van der Waals surface area contributed by atoms with Crippen LogP contribution < -0.4 is 5.32 Å². The van der Waals surface area contributed by atoms with Gasteiger partial charge >= 0.3 is 0 Å². The quantitative estimate of drug-likeness (QED) is 0.846. The summed E-state index contributed by atoms with van der Waals surface area (Å²) in [5.74, 6) is 1.14. The number of halogens is 1. The summed E-state index contributed by atoms with van der Waals surface area (Å²) in [6.45, 7) is 4.35. The lowest BCUT2D eigenvalue weighted by Crippen LogP contribution is -2.40. The van der Waals surface area contributed by atoms with E-state index in [-0.39, 0.29) is 12.4 Å². The Morgan fingerprint density at radius 1 is 1.16 bits per heavy atom. The molecule has 19 heavy (non-hydrogen) atoms. The van der Waals surface area contributed by atoms with Crippen LogP contribution in [-0.4, -0.2) is 37.0 Å². The zero-order valence-electron chi connectivity index (χ0n) is 11.8. The minimum atomic E-state index is 0. The highest BCUT2D eigenvalue weighted by molar-refractivity contribution is 5.85. The first-order valence-corrected chi connectivity index (χ1v) is 7.76. The largest absolute Gasteiger partial charge is 0.342 e. The number of nitrogens with one attached hydrogen (secondary N) is 1. The van der Waals surface area contributed by atoms with Crippen LogP contribution in [0.2, 0.25) is 0 Å². The summed E-state index contributed by atoms with van der Waals surface area (Å²) in [5.41, 5.74) is 0.469. The average molecular weight is 287 g/mol. The van der Waals surface area contributed by atoms with E-state index in [0.29, 0.717) is 17.2 Å². The van der Waals surface area contributed by atoms with E-state index in [1.807, 2.05) is 0 Å². The number of nitrogens with zero attached hydrogens (tertiary/aromatic N) is 1. The summed E-state index contributed by atoms with van der Waals surface area (Å²) >= 11 is 0. The predicted octanol–water partition coefficient (Wildman–Crippen LogP) is 2.59. The van der Waals surface area contributed by atoms with E-state index in [1.54, 1.807) is 0 Å². The highest BCUT2D eigenvalue weighted by atomic mass is 35.5. The molecule has 4 heteroatoms. The first-order chi connectivity index (χ1) is 8.77. The second-order valence-electron chi connectivity index (χ2n) is 6.67. The number of rotatable bonds is 2. The summed E-state index contributed by atoms with van der Waals surface area (Å²) in [4.78, 5) is 14.5. The second kappa shape index (κ2) is 6.45. The van der Waals surface area contributed by atoms with Crippen molar-refractivity contribution in [2.45, 2.75) is 51.4 Å². The number of carbonyl (C=O) groups excluding carboxylic acids is 1. The van der Waals surface area contributed by atoms with Gasteiger partial charge in [0.25, 0.3) is 0 Å². The molecule has 1 amide bonds. The molecule has 0 aromatic rings. The third-order valence-corrected chi connectivity index (χ3v) is 5.39. The molecule has 110 valence electrons. The molecule has 3 fully saturated rings. The van der Waals surface area contributed by atoms with E-state index in [9.17, 15) is 4.79 Å². The van der Waals surface area contributed by atoms with Gasteiger partial charge in [0.1, 0.15) is 0 Å². The van der Waals surface area contributed by atoms with Crippen molar-refractivity contribution in [1.82, 2.24) is 10.2 Å². The molecule has 3 aliphatic rings. The number of piperidine rings is 1. The van der Waals surface area contributed by atoms with Gasteiger partial charge in [0, 0.05) is 19.5 Å². The maximum Gasteiger partial charge on any atom is 0.222 e. The Bertz CT molecular complexity index is 309. The monoisotopic (exact) mass is 286 g/mol. The molecule has 1 N–H and O–H groups in total. The molecule has 0 aromatic carbocycles. The molecule has 3 nitrogen and oxygen atoms in total. The maximum atomic E-state index is 12.3. The minimum Gasteiger partial charge on any atom is -0.342 e. The third kappa shape index (κ3) is 3.43. The first-order valence-electron chi connectivity index (χ1n) is 7.76. The zero-order valence-corrected chi connectivity index (χ0v) is 12.6. The number of hydrogen-bond donors (Lipinski definition) is 1. The predicted molar refractivity (Wildman–Crippen MR) is 79.6 cm³/mol. The average Bonchev–Trinajstić information content (AvgIpc) is 3.01. The van der Waals surface area contributed by atoms with Crippen LogP contribution in [0.15, 0.2) is 0 Å². The van der Waals surface area contributed by atoms with E-state index in [0.717, 1.165) is 32.6 Å². The van der Waals surface area contributed by atoms with Gasteiger partial charge in [-0.1, -0.05) is 12.8 Å². The van der Waals surface area contributed by atoms with Crippen LogP contribution in [0.3, 0.4) is 0 Å². The lowest BCUT2D eigenvalue weighted by atomic mass is 9.78. The van der Waals surface area contributed by atoms with Crippen molar-refractivity contribution >= 4 is 18.3 Å². The fourth-order valence-electron chi connectivity index (χ4n) is 4.10. The second-order valence-corrected chi connectivity index (χ2v) is 6.67. The molecule has 2 saturated heterocycles. The first kappa shape index (κ1) is 15.1. The SMILES string of the molecule is Cl.O=C(CC1CCCC1)N1CCC2(CCNCC2)C1. The Labute approximate surface area is 122 Å². The summed E-state index contributed by atoms with van der Waals surface area (Å²) in [6, 6.07) is 0. The molecular formula is C15H27ClN2O. The minimum absolute atomic E-state index is 0. The van der Waals surface area contributed by atoms with Crippen LogP contribution >= 0.6 is 12.4 Å². The fourth-order valence-corrected chi connectivity index (χ4v) is 4.10. The van der Waals surface area contributed by atoms with Crippen LogP contribution in [0, 0.1) is 11.3 Å². The fraction of sp³-hybridized carbons (Fsp3) is 0.933. The molecule has 1 saturated carbocycles. The Morgan fingerprint density at radius 2 is 1.84 bits per heavy atom. The highest BCUT2D eigenvalue weighted by Crippen LogP contribution is 2.39. The van der Waals surface area contributed by atoms with Crippen molar-refractivity contribution in [3.63, 3.8) is 0 Å². The van der Waals surface area contributed by atoms with Crippen molar-refractivity contribution in [1.29, 1.82) is 0 Å². The van der Waals surface area contributed by atoms with Crippen molar-refractivity contribution in [2.24, 2.45) is 11.3 Å². The Kier molecular flexibility index (Phi) is 5.13. The van der Waals surface area contributed by atoms with Gasteiger partial charge in [-0.25, -0.2) is 0 Å². The van der Waals surface area contributed by atoms with Crippen molar-refractivity contribution in [3.8, 4) is 0 Å². The lowest BCUT2D eigenvalue weighted by molar-refractivity contribution is -0.131. The summed E-state index contributed by atoms with van der Waals surface area (Å²) < 4.78 is 0. The topological polar surface area (TPSA) is 32.3 Å². The number of amides is 1. The smallest absolute Gasteiger partial charge is 0.222 e. The van der Waals surface area contributed by atoms with Crippen LogP contribution in [0.1, 0.15) is 51.4 Å². The van der Waals surface area contributed by atoms with Crippen LogP contribution in [0.25, 0.3) is 0 Å². The molecule has 0 aromatic heterocycles. The van der Waals surface area contributed by atoms with Crippen LogP contribution in [-0.2, 0) is 4.79 Å². The van der Waals surface area contributed by atoms with E-state index in [1.165, 1.54) is 44.9 Å². The molecule has 3 rings (SSSR count). The van der Waals surface area contributed by atoms with E-state index < -0.39 is 0 Å². The van der Waals surface area contributed by atoms with Gasteiger partial charge in [-0.3, -0.25) is 4.79 Å². The Balaban J connectivity index is 0.00000133. The van der Waals surface area contributed by atoms with Gasteiger partial charge in [0.15, 0.2) is 0 Å². The van der Waals surface area contributed by atoms with Crippen LogP contribution in [0.4, 0.5) is 0 Å². The number of likely N-dealkylation sites (tertiary alicyclic amines) is 1. The van der Waals surface area contributed by atoms with E-state index >= 15 is 0 Å². The molecule has 1 aliphatic carbocycles. The zero-order chi connectivity index (χ0) is 12.4. The normalized spacial score (nSPS) is 26.6. The lowest BCUT2D eigenvalue weighted by Gasteiger charge is -2.33. The maximum absolute atomic E-state index is 12.3. The van der Waals surface area contributed by atoms with Crippen molar-refractivity contribution < 1.29 is 4.79 Å². The molecule has 2 heterocycles. The van der Waals surface area contributed by atoms with Gasteiger partial charge in [-0.05, 0) is 56.5 Å². The van der Waals surface area contributed by atoms with E-state index in [2.05, 4.69) is 10.2 Å². The standard InChI is InChI=1S/C15H26N2O.ClH/c18-14(11-13-3-1-2-4-13)17-10-7-15(12-17)5-8-16-9-6-15;/h13,16H,1-12H2;1H. The molecule has 0 atom stereocenters. The molecule has 0 bridgehead atoms. The third-order valence-electron chi connectivity index (χ3n) is 5.39. The van der Waals surface area contributed by atoms with Gasteiger partial charge in [0.2, 0.25) is 5.91 Å². The number of carbonyl (C=O) groups is 1. The summed E-state index contributed by atoms with van der Waals surface area (Å²) in [5, 5.41) is 3.44. The van der Waals surface area contributed by atoms with E-state index in [4.69, 9.17) is 0 Å². The van der Waals surface area contributed by atoms with Gasteiger partial charge in [0.05, 0.1) is 0 Å². The number of hydrogen-bond acceptors (Lipinski definition) is 2. The van der Waals surface area contributed by atoms with Crippen molar-refractivity contribution in [2.75, 3.05) is 26.2 Å². The highest BCUT2D eigenvalue weighted by Gasteiger charge is 2.40. The summed E-state index contributed by atoms with van der Waals surface area (Å²) in [7, 11) is 0.